The Bertz CT molecular complexity index is 1070. The highest BCUT2D eigenvalue weighted by atomic mass is 16.5. The molecule has 2 aliphatic heterocycles. The summed E-state index contributed by atoms with van der Waals surface area (Å²) in [4.78, 5) is 30.0. The molecule has 2 aromatic rings. The molecule has 1 unspecified atom stereocenters. The zero-order valence-electron chi connectivity index (χ0n) is 19.1. The Morgan fingerprint density at radius 3 is 2.36 bits per heavy atom. The molecule has 4 rings (SSSR count). The molecule has 33 heavy (non-hydrogen) atoms. The smallest absolute Gasteiger partial charge is 0.295 e. The molecule has 1 atom stereocenters. The molecule has 174 valence electrons. The van der Waals surface area contributed by atoms with Crippen LogP contribution in [0.1, 0.15) is 34.7 Å². The van der Waals surface area contributed by atoms with Gasteiger partial charge >= 0.3 is 0 Å². The topological polar surface area (TPSA) is 90.3 Å². The number of aryl methyl sites for hydroxylation is 2. The molecule has 2 fully saturated rings. The van der Waals surface area contributed by atoms with Crippen molar-refractivity contribution >= 4 is 17.4 Å². The molecule has 0 aliphatic carbocycles. The normalized spacial score (nSPS) is 21.0. The summed E-state index contributed by atoms with van der Waals surface area (Å²) >= 11 is 0. The van der Waals surface area contributed by atoms with E-state index in [1.807, 2.05) is 38.1 Å². The number of morpholine rings is 1. The molecule has 0 bridgehead atoms. The number of ether oxygens (including phenoxy) is 1. The maximum absolute atomic E-state index is 13.1. The van der Waals surface area contributed by atoms with Crippen LogP contribution in [0.5, 0.6) is 5.75 Å². The lowest BCUT2D eigenvalue weighted by Gasteiger charge is -2.29. The third kappa shape index (κ3) is 4.79. The van der Waals surface area contributed by atoms with Gasteiger partial charge in [0, 0.05) is 26.2 Å². The van der Waals surface area contributed by atoms with E-state index in [1.165, 1.54) is 6.07 Å². The molecular weight excluding hydrogens is 420 g/mol. The zero-order valence-corrected chi connectivity index (χ0v) is 19.1. The molecule has 0 aromatic heterocycles. The first kappa shape index (κ1) is 23.0. The molecule has 2 heterocycles. The van der Waals surface area contributed by atoms with E-state index < -0.39 is 17.7 Å². The third-order valence-electron chi connectivity index (χ3n) is 6.32. The average molecular weight is 451 g/mol. The van der Waals surface area contributed by atoms with E-state index in [-0.39, 0.29) is 22.6 Å². The Balaban J connectivity index is 1.70. The largest absolute Gasteiger partial charge is 0.507 e. The second-order valence-corrected chi connectivity index (χ2v) is 8.73. The number of amides is 1. The summed E-state index contributed by atoms with van der Waals surface area (Å²) in [5.41, 5.74) is 2.79. The summed E-state index contributed by atoms with van der Waals surface area (Å²) in [6.07, 6.45) is 0.700. The van der Waals surface area contributed by atoms with Crippen molar-refractivity contribution in [3.8, 4) is 5.75 Å². The van der Waals surface area contributed by atoms with Gasteiger partial charge in [0.15, 0.2) is 0 Å². The van der Waals surface area contributed by atoms with Crippen molar-refractivity contribution in [3.63, 3.8) is 0 Å². The second-order valence-electron chi connectivity index (χ2n) is 8.73. The molecule has 7 nitrogen and oxygen atoms in total. The van der Waals surface area contributed by atoms with Gasteiger partial charge in [-0.25, -0.2) is 0 Å². The number of hydrogen-bond acceptors (Lipinski definition) is 6. The number of benzene rings is 2. The zero-order chi connectivity index (χ0) is 23.5. The number of nitrogens with zero attached hydrogens (tertiary/aromatic N) is 2. The molecule has 0 spiro atoms. The van der Waals surface area contributed by atoms with Crippen molar-refractivity contribution in [2.45, 2.75) is 26.3 Å². The van der Waals surface area contributed by atoms with Crippen LogP contribution in [-0.4, -0.2) is 71.1 Å². The molecular formula is C26H30N2O5. The quantitative estimate of drug-likeness (QED) is 0.399. The van der Waals surface area contributed by atoms with Gasteiger partial charge in [-0.05, 0) is 38.0 Å². The van der Waals surface area contributed by atoms with E-state index in [9.17, 15) is 19.8 Å². The van der Waals surface area contributed by atoms with E-state index in [2.05, 4.69) is 4.90 Å². The van der Waals surface area contributed by atoms with Crippen molar-refractivity contribution < 1.29 is 24.5 Å². The number of Topliss-reactive ketones (excluding diaryl/α,β-unsaturated/α-hetero) is 1. The Kier molecular flexibility index (Phi) is 6.81. The standard InChI is InChI=1S/C26H30N2O5/c1-17-4-7-19(8-5-17)23-22(24(30)20-16-18(2)6-9-21(20)29)25(31)26(32)28(23)11-3-10-27-12-14-33-15-13-27/h4-9,16,23,29-30H,3,10-15H2,1-2H3. The van der Waals surface area contributed by atoms with Crippen molar-refractivity contribution in [2.24, 2.45) is 0 Å². The number of aromatic hydroxyl groups is 1. The van der Waals surface area contributed by atoms with Crippen molar-refractivity contribution in [2.75, 3.05) is 39.4 Å². The molecule has 2 saturated heterocycles. The summed E-state index contributed by atoms with van der Waals surface area (Å²) < 4.78 is 5.39. The van der Waals surface area contributed by atoms with Crippen molar-refractivity contribution in [1.29, 1.82) is 0 Å². The number of rotatable bonds is 6. The molecule has 2 N–H and O–H groups in total. The van der Waals surface area contributed by atoms with E-state index >= 15 is 0 Å². The summed E-state index contributed by atoms with van der Waals surface area (Å²) in [6, 6.07) is 11.7. The first-order valence-corrected chi connectivity index (χ1v) is 11.3. The van der Waals surface area contributed by atoms with Gasteiger partial charge in [0.25, 0.3) is 11.7 Å². The lowest BCUT2D eigenvalue weighted by molar-refractivity contribution is -0.140. The van der Waals surface area contributed by atoms with Crippen LogP contribution in [0.3, 0.4) is 0 Å². The summed E-state index contributed by atoms with van der Waals surface area (Å²) in [5, 5.41) is 21.5. The number of ketones is 1. The minimum Gasteiger partial charge on any atom is -0.507 e. The molecule has 2 aliphatic rings. The van der Waals surface area contributed by atoms with Gasteiger partial charge in [-0.1, -0.05) is 41.5 Å². The Morgan fingerprint density at radius 2 is 1.67 bits per heavy atom. The first-order valence-electron chi connectivity index (χ1n) is 11.3. The summed E-state index contributed by atoms with van der Waals surface area (Å²) in [7, 11) is 0. The fourth-order valence-corrected chi connectivity index (χ4v) is 4.48. The Labute approximate surface area is 193 Å². The maximum atomic E-state index is 13.1. The highest BCUT2D eigenvalue weighted by molar-refractivity contribution is 6.46. The van der Waals surface area contributed by atoms with Gasteiger partial charge in [0.2, 0.25) is 0 Å². The van der Waals surface area contributed by atoms with Crippen molar-refractivity contribution in [1.82, 2.24) is 9.80 Å². The number of carbonyl (C=O) groups excluding carboxylic acids is 2. The fraction of sp³-hybridized carbons (Fsp3) is 0.385. The van der Waals surface area contributed by atoms with E-state index in [4.69, 9.17) is 4.74 Å². The van der Waals surface area contributed by atoms with E-state index in [0.29, 0.717) is 26.2 Å². The predicted octanol–water partition coefficient (Wildman–Crippen LogP) is 3.15. The van der Waals surface area contributed by atoms with E-state index in [1.54, 1.807) is 17.0 Å². The lowest BCUT2D eigenvalue weighted by Crippen LogP contribution is -2.38. The van der Waals surface area contributed by atoms with Crippen LogP contribution in [-0.2, 0) is 14.3 Å². The lowest BCUT2D eigenvalue weighted by atomic mass is 9.94. The van der Waals surface area contributed by atoms with Gasteiger partial charge in [0.05, 0.1) is 30.4 Å². The molecule has 0 saturated carbocycles. The highest BCUT2D eigenvalue weighted by Gasteiger charge is 2.46. The van der Waals surface area contributed by atoms with Crippen LogP contribution in [0, 0.1) is 13.8 Å². The average Bonchev–Trinajstić information content (AvgIpc) is 3.06. The van der Waals surface area contributed by atoms with Gasteiger partial charge in [-0.2, -0.15) is 0 Å². The SMILES string of the molecule is Cc1ccc(C2C(=C(O)c3cc(C)ccc3O)C(=O)C(=O)N2CCCN2CCOCC2)cc1. The molecule has 0 radical (unpaired) electrons. The van der Waals surface area contributed by atoms with Crippen LogP contribution >= 0.6 is 0 Å². The number of phenolic OH excluding ortho intramolecular Hbond substituents is 1. The van der Waals surface area contributed by atoms with Crippen LogP contribution in [0.2, 0.25) is 0 Å². The Morgan fingerprint density at radius 1 is 1.00 bits per heavy atom. The number of aliphatic hydroxyl groups is 1. The number of likely N-dealkylation sites (tertiary alicyclic amines) is 1. The van der Waals surface area contributed by atoms with Gasteiger partial charge in [-0.15, -0.1) is 0 Å². The van der Waals surface area contributed by atoms with Gasteiger partial charge < -0.3 is 19.8 Å². The van der Waals surface area contributed by atoms with Crippen LogP contribution in [0.25, 0.3) is 5.76 Å². The molecule has 7 heteroatoms. The summed E-state index contributed by atoms with van der Waals surface area (Å²) in [5.74, 6) is -1.85. The van der Waals surface area contributed by atoms with Crippen molar-refractivity contribution in [3.05, 3.63) is 70.3 Å². The van der Waals surface area contributed by atoms with Crippen LogP contribution in [0.4, 0.5) is 0 Å². The third-order valence-corrected chi connectivity index (χ3v) is 6.32. The van der Waals surface area contributed by atoms with Gasteiger partial charge in [0.1, 0.15) is 11.5 Å². The van der Waals surface area contributed by atoms with E-state index in [0.717, 1.165) is 36.3 Å². The minimum absolute atomic E-state index is 0.0103. The molecule has 2 aromatic carbocycles. The number of hydrogen-bond donors (Lipinski definition) is 2. The van der Waals surface area contributed by atoms with Crippen LogP contribution in [0.15, 0.2) is 48.0 Å². The highest BCUT2D eigenvalue weighted by Crippen LogP contribution is 2.41. The summed E-state index contributed by atoms with van der Waals surface area (Å²) in [6.45, 7) is 8.09. The number of aliphatic hydroxyl groups excluding tert-OH is 1. The number of phenols is 1. The van der Waals surface area contributed by atoms with Gasteiger partial charge in [-0.3, -0.25) is 14.5 Å². The number of carbonyl (C=O) groups is 2. The molecule has 1 amide bonds. The maximum Gasteiger partial charge on any atom is 0.295 e. The first-order chi connectivity index (χ1) is 15.9. The Hall–Kier alpha value is -3.16. The monoisotopic (exact) mass is 450 g/mol. The second kappa shape index (κ2) is 9.77. The predicted molar refractivity (Wildman–Crippen MR) is 125 cm³/mol. The van der Waals surface area contributed by atoms with Crippen LogP contribution < -0.4 is 0 Å². The fourth-order valence-electron chi connectivity index (χ4n) is 4.48. The minimum atomic E-state index is -0.731.